The van der Waals surface area contributed by atoms with Gasteiger partial charge in [0.1, 0.15) is 5.04 Å². The summed E-state index contributed by atoms with van der Waals surface area (Å²) >= 11 is 1.76. The predicted octanol–water partition coefficient (Wildman–Crippen LogP) is 4.56. The number of nitrogens with zero attached hydrogens (tertiary/aromatic N) is 1. The smallest absolute Gasteiger partial charge is 0.103 e. The van der Waals surface area contributed by atoms with Crippen molar-refractivity contribution in [1.82, 2.24) is 0 Å². The quantitative estimate of drug-likeness (QED) is 0.738. The van der Waals surface area contributed by atoms with Crippen molar-refractivity contribution in [3.05, 3.63) is 65.7 Å². The summed E-state index contributed by atoms with van der Waals surface area (Å²) in [6, 6.07) is 19.1. The van der Waals surface area contributed by atoms with Crippen molar-refractivity contribution in [2.75, 3.05) is 0 Å². The second-order valence-electron chi connectivity index (χ2n) is 5.48. The Morgan fingerprint density at radius 2 is 1.63 bits per heavy atom. The molecule has 1 aliphatic heterocycles. The number of fused-ring (bicyclic) bond motifs is 1. The Morgan fingerprint density at radius 1 is 0.947 bits per heavy atom. The van der Waals surface area contributed by atoms with Crippen LogP contribution in [0.15, 0.2) is 64.5 Å². The molecule has 0 aromatic heterocycles. The Kier molecular flexibility index (Phi) is 3.19. The minimum Gasteiger partial charge on any atom is -0.271 e. The van der Waals surface area contributed by atoms with E-state index in [0.29, 0.717) is 0 Å². The third-order valence-corrected chi connectivity index (χ3v) is 4.25. The SMILES string of the molecule is CC1(C)Cc2ccccc2C(Sc2ccccc2)=N1. The Morgan fingerprint density at radius 3 is 2.42 bits per heavy atom. The molecule has 1 aliphatic rings. The highest BCUT2D eigenvalue weighted by molar-refractivity contribution is 8.14. The zero-order valence-electron chi connectivity index (χ0n) is 11.3. The highest BCUT2D eigenvalue weighted by Crippen LogP contribution is 2.33. The van der Waals surface area contributed by atoms with Gasteiger partial charge in [0.25, 0.3) is 0 Å². The topological polar surface area (TPSA) is 12.4 Å². The van der Waals surface area contributed by atoms with Gasteiger partial charge in [-0.2, -0.15) is 0 Å². The first-order valence-electron chi connectivity index (χ1n) is 6.55. The molecule has 1 nitrogen and oxygen atoms in total. The molecule has 19 heavy (non-hydrogen) atoms. The first-order valence-corrected chi connectivity index (χ1v) is 7.37. The molecule has 96 valence electrons. The molecule has 0 radical (unpaired) electrons. The molecular weight excluding hydrogens is 250 g/mol. The summed E-state index contributed by atoms with van der Waals surface area (Å²) in [7, 11) is 0. The average molecular weight is 267 g/mol. The van der Waals surface area contributed by atoms with Crippen LogP contribution in [-0.2, 0) is 6.42 Å². The van der Waals surface area contributed by atoms with Gasteiger partial charge in [-0.25, -0.2) is 0 Å². The predicted molar refractivity (Wildman–Crippen MR) is 83.1 cm³/mol. The minimum absolute atomic E-state index is 0.00847. The molecule has 0 fully saturated rings. The zero-order chi connectivity index (χ0) is 13.3. The molecule has 0 aliphatic carbocycles. The molecule has 0 unspecified atom stereocenters. The van der Waals surface area contributed by atoms with E-state index in [0.717, 1.165) is 11.5 Å². The van der Waals surface area contributed by atoms with E-state index in [1.165, 1.54) is 16.0 Å². The van der Waals surface area contributed by atoms with Gasteiger partial charge in [0, 0.05) is 10.5 Å². The Labute approximate surface area is 118 Å². The number of benzene rings is 2. The van der Waals surface area contributed by atoms with Crippen LogP contribution in [0.4, 0.5) is 0 Å². The second kappa shape index (κ2) is 4.86. The summed E-state index contributed by atoms with van der Waals surface area (Å²) in [6.07, 6.45) is 1.02. The van der Waals surface area contributed by atoms with Crippen LogP contribution < -0.4 is 0 Å². The van der Waals surface area contributed by atoms with Crippen molar-refractivity contribution in [3.63, 3.8) is 0 Å². The van der Waals surface area contributed by atoms with Crippen LogP contribution in [0.5, 0.6) is 0 Å². The van der Waals surface area contributed by atoms with Crippen LogP contribution in [0.3, 0.4) is 0 Å². The lowest BCUT2D eigenvalue weighted by Crippen LogP contribution is -2.27. The monoisotopic (exact) mass is 267 g/mol. The van der Waals surface area contributed by atoms with Crippen molar-refractivity contribution in [3.8, 4) is 0 Å². The number of hydrogen-bond acceptors (Lipinski definition) is 2. The van der Waals surface area contributed by atoms with E-state index in [9.17, 15) is 0 Å². The van der Waals surface area contributed by atoms with Crippen molar-refractivity contribution >= 4 is 16.8 Å². The summed E-state index contributed by atoms with van der Waals surface area (Å²) < 4.78 is 0. The number of aliphatic imine (C=N–C) groups is 1. The maximum atomic E-state index is 4.93. The number of hydrogen-bond donors (Lipinski definition) is 0. The maximum Gasteiger partial charge on any atom is 0.103 e. The molecule has 2 aromatic rings. The Balaban J connectivity index is 2.01. The van der Waals surface area contributed by atoms with Crippen molar-refractivity contribution in [1.29, 1.82) is 0 Å². The largest absolute Gasteiger partial charge is 0.271 e. The lowest BCUT2D eigenvalue weighted by molar-refractivity contribution is 0.515. The zero-order valence-corrected chi connectivity index (χ0v) is 12.1. The van der Waals surface area contributed by atoms with E-state index >= 15 is 0 Å². The molecule has 0 saturated carbocycles. The second-order valence-corrected chi connectivity index (χ2v) is 6.54. The van der Waals surface area contributed by atoms with E-state index in [1.54, 1.807) is 11.8 Å². The maximum absolute atomic E-state index is 4.93. The van der Waals surface area contributed by atoms with Crippen molar-refractivity contribution in [2.24, 2.45) is 4.99 Å². The summed E-state index contributed by atoms with van der Waals surface area (Å²) in [5, 5.41) is 1.14. The van der Waals surface area contributed by atoms with E-state index in [4.69, 9.17) is 4.99 Å². The van der Waals surface area contributed by atoms with Gasteiger partial charge in [0.2, 0.25) is 0 Å². The van der Waals surface area contributed by atoms with Crippen LogP contribution >= 0.6 is 11.8 Å². The fourth-order valence-electron chi connectivity index (χ4n) is 2.40. The lowest BCUT2D eigenvalue weighted by Gasteiger charge is -2.28. The Bertz CT molecular complexity index is 614. The van der Waals surface area contributed by atoms with E-state index < -0.39 is 0 Å². The summed E-state index contributed by atoms with van der Waals surface area (Å²) in [5.41, 5.74) is 2.68. The molecule has 0 spiro atoms. The fourth-order valence-corrected chi connectivity index (χ4v) is 3.52. The number of rotatable bonds is 1. The molecule has 2 aromatic carbocycles. The lowest BCUT2D eigenvalue weighted by atomic mass is 9.90. The van der Waals surface area contributed by atoms with Gasteiger partial charge < -0.3 is 0 Å². The molecule has 1 heterocycles. The third kappa shape index (κ3) is 2.74. The average Bonchev–Trinajstić information content (AvgIpc) is 2.38. The minimum atomic E-state index is -0.00847. The van der Waals surface area contributed by atoms with E-state index in [2.05, 4.69) is 62.4 Å². The van der Waals surface area contributed by atoms with Gasteiger partial charge in [-0.1, -0.05) is 54.2 Å². The van der Waals surface area contributed by atoms with Crippen molar-refractivity contribution in [2.45, 2.75) is 30.7 Å². The van der Waals surface area contributed by atoms with Crippen LogP contribution in [0.2, 0.25) is 0 Å². The van der Waals surface area contributed by atoms with Gasteiger partial charge in [0.05, 0.1) is 5.54 Å². The molecular formula is C17H17NS. The van der Waals surface area contributed by atoms with Gasteiger partial charge in [-0.05, 0) is 38.0 Å². The van der Waals surface area contributed by atoms with Crippen molar-refractivity contribution < 1.29 is 0 Å². The van der Waals surface area contributed by atoms with Gasteiger partial charge in [0.15, 0.2) is 0 Å². The standard InChI is InChI=1S/C17H17NS/c1-17(2)12-13-8-6-7-11-15(13)16(18-17)19-14-9-4-3-5-10-14/h3-11H,12H2,1-2H3. The summed E-state index contributed by atoms with van der Waals surface area (Å²) in [6.45, 7) is 4.41. The van der Waals surface area contributed by atoms with Gasteiger partial charge in [-0.3, -0.25) is 4.99 Å². The van der Waals surface area contributed by atoms with E-state index in [-0.39, 0.29) is 5.54 Å². The number of thioether (sulfide) groups is 1. The molecule has 0 N–H and O–H groups in total. The summed E-state index contributed by atoms with van der Waals surface area (Å²) in [5.74, 6) is 0. The molecule has 0 amide bonds. The highest BCUT2D eigenvalue weighted by Gasteiger charge is 2.26. The van der Waals surface area contributed by atoms with Gasteiger partial charge in [-0.15, -0.1) is 0 Å². The van der Waals surface area contributed by atoms with E-state index in [1.807, 2.05) is 6.07 Å². The molecule has 0 atom stereocenters. The fraction of sp³-hybridized carbons (Fsp3) is 0.235. The molecule has 2 heteroatoms. The Hall–Kier alpha value is -1.54. The van der Waals surface area contributed by atoms with Gasteiger partial charge >= 0.3 is 0 Å². The molecule has 0 saturated heterocycles. The molecule has 3 rings (SSSR count). The molecule has 0 bridgehead atoms. The highest BCUT2D eigenvalue weighted by atomic mass is 32.2. The van der Waals surface area contributed by atoms with Crippen LogP contribution in [0, 0.1) is 0 Å². The normalized spacial score (nSPS) is 16.6. The first-order chi connectivity index (χ1) is 9.14. The first kappa shape index (κ1) is 12.5. The van der Waals surface area contributed by atoms with Crippen LogP contribution in [-0.4, -0.2) is 10.6 Å². The third-order valence-electron chi connectivity index (χ3n) is 3.23. The van der Waals surface area contributed by atoms with Crippen LogP contribution in [0.25, 0.3) is 0 Å². The van der Waals surface area contributed by atoms with Crippen LogP contribution in [0.1, 0.15) is 25.0 Å². The summed E-state index contributed by atoms with van der Waals surface area (Å²) in [4.78, 5) is 6.17.